The third kappa shape index (κ3) is 4.60. The monoisotopic (exact) mass is 356 g/mol. The Morgan fingerprint density at radius 3 is 2.76 bits per heavy atom. The van der Waals surface area contributed by atoms with Crippen molar-refractivity contribution in [3.8, 4) is 5.75 Å². The molecule has 3 rings (SSSR count). The van der Waals surface area contributed by atoms with Crippen molar-refractivity contribution < 1.29 is 9.53 Å². The first kappa shape index (κ1) is 17.0. The Kier molecular flexibility index (Phi) is 5.69. The molecule has 0 bridgehead atoms. The van der Waals surface area contributed by atoms with Crippen LogP contribution in [-0.4, -0.2) is 29.0 Å². The van der Waals surface area contributed by atoms with Gasteiger partial charge in [0.25, 0.3) is 0 Å². The van der Waals surface area contributed by atoms with Gasteiger partial charge in [0.2, 0.25) is 0 Å². The third-order valence-corrected chi connectivity index (χ3v) is 4.57. The molecule has 0 saturated carbocycles. The Bertz CT molecular complexity index is 736. The van der Waals surface area contributed by atoms with E-state index < -0.39 is 0 Å². The molecule has 2 heterocycles. The van der Waals surface area contributed by atoms with Gasteiger partial charge in [0.15, 0.2) is 0 Å². The molecule has 0 spiro atoms. The fourth-order valence-electron chi connectivity index (χ4n) is 2.44. The highest BCUT2D eigenvalue weighted by Crippen LogP contribution is 2.22. The molecular formula is C18H20N4O2S. The zero-order valence-electron chi connectivity index (χ0n) is 13.9. The number of aromatic nitrogens is 2. The van der Waals surface area contributed by atoms with Crippen molar-refractivity contribution in [1.82, 2.24) is 15.1 Å². The second-order valence-electron chi connectivity index (χ2n) is 5.31. The van der Waals surface area contributed by atoms with Gasteiger partial charge in [-0.1, -0.05) is 6.07 Å². The summed E-state index contributed by atoms with van der Waals surface area (Å²) in [7, 11) is 0. The number of nitrogens with one attached hydrogen (secondary N) is 2. The number of rotatable bonds is 7. The Balaban J connectivity index is 1.58. The number of amides is 2. The number of benzene rings is 1. The van der Waals surface area contributed by atoms with Crippen LogP contribution in [0.15, 0.2) is 60.2 Å². The van der Waals surface area contributed by atoms with E-state index in [4.69, 9.17) is 4.74 Å². The molecule has 130 valence electrons. The second-order valence-corrected chi connectivity index (χ2v) is 6.29. The molecular weight excluding hydrogens is 336 g/mol. The first-order valence-electron chi connectivity index (χ1n) is 8.06. The number of carbonyl (C=O) groups is 1. The van der Waals surface area contributed by atoms with Crippen LogP contribution >= 0.6 is 11.3 Å². The number of carbonyl (C=O) groups excluding carboxylic acids is 1. The van der Waals surface area contributed by atoms with Crippen molar-refractivity contribution in [2.45, 2.75) is 13.0 Å². The van der Waals surface area contributed by atoms with E-state index in [1.54, 1.807) is 17.5 Å². The second kappa shape index (κ2) is 8.34. The molecule has 2 aromatic heterocycles. The van der Waals surface area contributed by atoms with E-state index in [9.17, 15) is 4.79 Å². The van der Waals surface area contributed by atoms with Crippen LogP contribution < -0.4 is 15.4 Å². The molecule has 3 aromatic rings. The van der Waals surface area contributed by atoms with E-state index in [2.05, 4.69) is 15.7 Å². The Labute approximate surface area is 150 Å². The molecule has 0 aliphatic carbocycles. The fourth-order valence-corrected chi connectivity index (χ4v) is 3.26. The minimum absolute atomic E-state index is 0.0268. The minimum atomic E-state index is -0.252. The summed E-state index contributed by atoms with van der Waals surface area (Å²) in [5.74, 6) is 0.782. The number of hydrogen-bond donors (Lipinski definition) is 2. The maximum absolute atomic E-state index is 12.2. The zero-order chi connectivity index (χ0) is 17.5. The van der Waals surface area contributed by atoms with E-state index in [1.165, 1.54) is 0 Å². The van der Waals surface area contributed by atoms with Crippen LogP contribution in [0.4, 0.5) is 10.5 Å². The highest BCUT2D eigenvalue weighted by molar-refractivity contribution is 7.10. The average Bonchev–Trinajstić information content (AvgIpc) is 3.31. The standard InChI is InChI=1S/C18H20N4O2S/c1-2-24-15-8-6-14(7-9-15)21-18(23)19-13-16(17-5-3-12-25-17)22-11-4-10-20-22/h3-12,16H,2,13H2,1H3,(H2,19,21,23). The fraction of sp³-hybridized carbons (Fsp3) is 0.222. The largest absolute Gasteiger partial charge is 0.494 e. The number of urea groups is 1. The molecule has 6 nitrogen and oxygen atoms in total. The van der Waals surface area contributed by atoms with Crippen molar-refractivity contribution >= 4 is 23.1 Å². The summed E-state index contributed by atoms with van der Waals surface area (Å²) in [6.45, 7) is 3.00. The molecule has 1 aromatic carbocycles. The normalized spacial score (nSPS) is 11.7. The SMILES string of the molecule is CCOc1ccc(NC(=O)NCC(c2cccs2)n2cccn2)cc1. The quantitative estimate of drug-likeness (QED) is 0.677. The summed E-state index contributed by atoms with van der Waals surface area (Å²) in [4.78, 5) is 13.3. The molecule has 25 heavy (non-hydrogen) atoms. The van der Waals surface area contributed by atoms with Gasteiger partial charge in [-0.25, -0.2) is 4.79 Å². The average molecular weight is 356 g/mol. The molecule has 0 aliphatic rings. The number of anilines is 1. The minimum Gasteiger partial charge on any atom is -0.494 e. The molecule has 2 N–H and O–H groups in total. The summed E-state index contributed by atoms with van der Waals surface area (Å²) in [5, 5.41) is 12.1. The van der Waals surface area contributed by atoms with Crippen LogP contribution in [0, 0.1) is 0 Å². The number of thiophene rings is 1. The lowest BCUT2D eigenvalue weighted by molar-refractivity contribution is 0.250. The van der Waals surface area contributed by atoms with Gasteiger partial charge in [-0.3, -0.25) is 4.68 Å². The van der Waals surface area contributed by atoms with Crippen LogP contribution in [0.5, 0.6) is 5.75 Å². The Hall–Kier alpha value is -2.80. The zero-order valence-corrected chi connectivity index (χ0v) is 14.7. The van der Waals surface area contributed by atoms with Crippen LogP contribution in [0.1, 0.15) is 17.8 Å². The van der Waals surface area contributed by atoms with Crippen LogP contribution in [0.2, 0.25) is 0 Å². The molecule has 0 saturated heterocycles. The van der Waals surface area contributed by atoms with E-state index in [0.717, 1.165) is 10.6 Å². The van der Waals surface area contributed by atoms with Gasteiger partial charge in [-0.05, 0) is 48.7 Å². The van der Waals surface area contributed by atoms with E-state index in [1.807, 2.05) is 65.6 Å². The van der Waals surface area contributed by atoms with Gasteiger partial charge in [0, 0.05) is 29.5 Å². The van der Waals surface area contributed by atoms with Crippen molar-refractivity contribution in [3.63, 3.8) is 0 Å². The topological polar surface area (TPSA) is 68.2 Å². The van der Waals surface area contributed by atoms with Gasteiger partial charge < -0.3 is 15.4 Å². The Morgan fingerprint density at radius 2 is 2.12 bits per heavy atom. The molecule has 2 amide bonds. The smallest absolute Gasteiger partial charge is 0.319 e. The number of ether oxygens (including phenoxy) is 1. The van der Waals surface area contributed by atoms with Crippen molar-refractivity contribution in [2.24, 2.45) is 0 Å². The lowest BCUT2D eigenvalue weighted by Gasteiger charge is -2.17. The number of nitrogens with zero attached hydrogens (tertiary/aromatic N) is 2. The molecule has 0 aliphatic heterocycles. The van der Waals surface area contributed by atoms with Gasteiger partial charge >= 0.3 is 6.03 Å². The van der Waals surface area contributed by atoms with Crippen molar-refractivity contribution in [3.05, 3.63) is 65.1 Å². The van der Waals surface area contributed by atoms with Gasteiger partial charge in [0.1, 0.15) is 11.8 Å². The molecule has 7 heteroatoms. The maximum atomic E-state index is 12.2. The van der Waals surface area contributed by atoms with Gasteiger partial charge in [-0.15, -0.1) is 11.3 Å². The van der Waals surface area contributed by atoms with Crippen LogP contribution in [-0.2, 0) is 0 Å². The van der Waals surface area contributed by atoms with E-state index in [-0.39, 0.29) is 12.1 Å². The highest BCUT2D eigenvalue weighted by Gasteiger charge is 2.16. The molecule has 1 atom stereocenters. The van der Waals surface area contributed by atoms with Gasteiger partial charge in [-0.2, -0.15) is 5.10 Å². The van der Waals surface area contributed by atoms with Crippen LogP contribution in [0.3, 0.4) is 0 Å². The Morgan fingerprint density at radius 1 is 1.28 bits per heavy atom. The maximum Gasteiger partial charge on any atom is 0.319 e. The first-order chi connectivity index (χ1) is 12.3. The highest BCUT2D eigenvalue weighted by atomic mass is 32.1. The predicted molar refractivity (Wildman–Crippen MR) is 99.3 cm³/mol. The summed E-state index contributed by atoms with van der Waals surface area (Å²) in [6.07, 6.45) is 3.64. The lowest BCUT2D eigenvalue weighted by atomic mass is 10.2. The van der Waals surface area contributed by atoms with Gasteiger partial charge in [0.05, 0.1) is 6.61 Å². The lowest BCUT2D eigenvalue weighted by Crippen LogP contribution is -2.34. The molecule has 0 radical (unpaired) electrons. The van der Waals surface area contributed by atoms with E-state index >= 15 is 0 Å². The molecule has 1 unspecified atom stereocenters. The third-order valence-electron chi connectivity index (χ3n) is 3.59. The summed E-state index contributed by atoms with van der Waals surface area (Å²) < 4.78 is 7.24. The number of hydrogen-bond acceptors (Lipinski definition) is 4. The summed E-state index contributed by atoms with van der Waals surface area (Å²) in [6, 6.07) is 12.9. The van der Waals surface area contributed by atoms with Crippen LogP contribution in [0.25, 0.3) is 0 Å². The predicted octanol–water partition coefficient (Wildman–Crippen LogP) is 3.75. The van der Waals surface area contributed by atoms with E-state index in [0.29, 0.717) is 18.8 Å². The summed E-state index contributed by atoms with van der Waals surface area (Å²) >= 11 is 1.64. The van der Waals surface area contributed by atoms with Crippen molar-refractivity contribution in [1.29, 1.82) is 0 Å². The molecule has 0 fully saturated rings. The first-order valence-corrected chi connectivity index (χ1v) is 8.94. The summed E-state index contributed by atoms with van der Waals surface area (Å²) in [5.41, 5.74) is 0.715. The van der Waals surface area contributed by atoms with Crippen molar-refractivity contribution in [2.75, 3.05) is 18.5 Å².